The molecule has 90 valence electrons. The second-order valence-corrected chi connectivity index (χ2v) is 3.28. The van der Waals surface area contributed by atoms with Crippen molar-refractivity contribution in [3.63, 3.8) is 0 Å². The fourth-order valence-electron chi connectivity index (χ4n) is 1.01. The van der Waals surface area contributed by atoms with Gasteiger partial charge in [0.2, 0.25) is 5.76 Å². The molecular formula is C11H9ClO5. The SMILES string of the molecule is COc1ccc(O/C(C(=O)O)=C(/Cl)C=O)cc1. The van der Waals surface area contributed by atoms with E-state index in [1.165, 1.54) is 19.2 Å². The van der Waals surface area contributed by atoms with E-state index in [9.17, 15) is 9.59 Å². The van der Waals surface area contributed by atoms with E-state index >= 15 is 0 Å². The van der Waals surface area contributed by atoms with Crippen LogP contribution in [0.4, 0.5) is 0 Å². The summed E-state index contributed by atoms with van der Waals surface area (Å²) in [5, 5.41) is 8.28. The molecule has 1 rings (SSSR count). The number of hydrogen-bond donors (Lipinski definition) is 1. The molecule has 0 aromatic heterocycles. The van der Waals surface area contributed by atoms with E-state index in [4.69, 9.17) is 26.2 Å². The van der Waals surface area contributed by atoms with Gasteiger partial charge in [-0.25, -0.2) is 4.79 Å². The van der Waals surface area contributed by atoms with Gasteiger partial charge in [-0.2, -0.15) is 0 Å². The minimum atomic E-state index is -1.42. The zero-order chi connectivity index (χ0) is 12.8. The molecule has 1 aromatic rings. The highest BCUT2D eigenvalue weighted by molar-refractivity contribution is 6.40. The van der Waals surface area contributed by atoms with Crippen LogP contribution < -0.4 is 9.47 Å². The molecule has 0 fully saturated rings. The first-order valence-corrected chi connectivity index (χ1v) is 4.86. The van der Waals surface area contributed by atoms with Crippen LogP contribution in [0.3, 0.4) is 0 Å². The smallest absolute Gasteiger partial charge is 0.373 e. The molecule has 0 unspecified atom stereocenters. The van der Waals surface area contributed by atoms with E-state index in [0.717, 1.165) is 0 Å². The highest BCUT2D eigenvalue weighted by Gasteiger charge is 2.15. The van der Waals surface area contributed by atoms with Crippen LogP contribution in [0, 0.1) is 0 Å². The van der Waals surface area contributed by atoms with Crippen molar-refractivity contribution in [2.75, 3.05) is 7.11 Å². The molecule has 0 saturated heterocycles. The number of carboxylic acid groups (broad SMARTS) is 1. The van der Waals surface area contributed by atoms with E-state index in [1.54, 1.807) is 12.1 Å². The van der Waals surface area contributed by atoms with Gasteiger partial charge in [-0.3, -0.25) is 4.79 Å². The molecule has 0 saturated carbocycles. The first kappa shape index (κ1) is 13.1. The van der Waals surface area contributed by atoms with Gasteiger partial charge in [0.05, 0.1) is 7.11 Å². The van der Waals surface area contributed by atoms with Gasteiger partial charge in [-0.15, -0.1) is 0 Å². The molecule has 5 nitrogen and oxygen atoms in total. The third kappa shape index (κ3) is 3.49. The number of aliphatic carboxylic acids is 1. The van der Waals surface area contributed by atoms with Crippen molar-refractivity contribution in [2.45, 2.75) is 0 Å². The van der Waals surface area contributed by atoms with Gasteiger partial charge in [-0.1, -0.05) is 11.6 Å². The summed E-state index contributed by atoms with van der Waals surface area (Å²) in [6.07, 6.45) is 0.203. The molecule has 0 amide bonds. The van der Waals surface area contributed by atoms with Gasteiger partial charge >= 0.3 is 5.97 Å². The number of hydrogen-bond acceptors (Lipinski definition) is 4. The Bertz CT molecular complexity index is 449. The van der Waals surface area contributed by atoms with Gasteiger partial charge in [0.1, 0.15) is 16.5 Å². The standard InChI is InChI=1S/C11H9ClO5/c1-16-7-2-4-8(5-3-7)17-10(11(14)15)9(12)6-13/h2-6H,1H3,(H,14,15)/b10-9+. The summed E-state index contributed by atoms with van der Waals surface area (Å²) in [5.74, 6) is -1.20. The van der Waals surface area contributed by atoms with E-state index in [-0.39, 0.29) is 12.0 Å². The first-order chi connectivity index (χ1) is 8.08. The number of halogens is 1. The summed E-state index contributed by atoms with van der Waals surface area (Å²) >= 11 is 5.42. The molecule has 1 aromatic carbocycles. The Morgan fingerprint density at radius 3 is 2.24 bits per heavy atom. The summed E-state index contributed by atoms with van der Waals surface area (Å²) in [7, 11) is 1.50. The molecular weight excluding hydrogens is 248 g/mol. The Morgan fingerprint density at radius 2 is 1.82 bits per heavy atom. The van der Waals surface area contributed by atoms with Crippen LogP contribution >= 0.6 is 11.6 Å². The Morgan fingerprint density at radius 1 is 1.29 bits per heavy atom. The summed E-state index contributed by atoms with van der Waals surface area (Å²) < 4.78 is 9.91. The predicted octanol–water partition coefficient (Wildman–Crippen LogP) is 1.81. The maximum absolute atomic E-state index is 10.8. The van der Waals surface area contributed by atoms with Crippen molar-refractivity contribution in [3.05, 3.63) is 35.1 Å². The number of carboxylic acids is 1. The van der Waals surface area contributed by atoms with E-state index in [2.05, 4.69) is 0 Å². The molecule has 0 bridgehead atoms. The van der Waals surface area contributed by atoms with Crippen LogP contribution in [0.1, 0.15) is 0 Å². The first-order valence-electron chi connectivity index (χ1n) is 4.48. The zero-order valence-corrected chi connectivity index (χ0v) is 9.60. The van der Waals surface area contributed by atoms with Gasteiger partial charge in [0.15, 0.2) is 6.29 Å². The third-order valence-corrected chi connectivity index (χ3v) is 2.05. The van der Waals surface area contributed by atoms with Crippen molar-refractivity contribution in [1.29, 1.82) is 0 Å². The second kappa shape index (κ2) is 5.91. The number of ether oxygens (including phenoxy) is 2. The highest BCUT2D eigenvalue weighted by atomic mass is 35.5. The van der Waals surface area contributed by atoms with Crippen molar-refractivity contribution >= 4 is 23.9 Å². The van der Waals surface area contributed by atoms with Crippen molar-refractivity contribution in [3.8, 4) is 11.5 Å². The maximum atomic E-state index is 10.8. The van der Waals surface area contributed by atoms with Crippen LogP contribution in [0.5, 0.6) is 11.5 Å². The summed E-state index contributed by atoms with van der Waals surface area (Å²) in [5.41, 5.74) is 0. The number of carbonyl (C=O) groups is 2. The number of benzene rings is 1. The Balaban J connectivity index is 2.94. The van der Waals surface area contributed by atoms with Crippen LogP contribution in [-0.2, 0) is 9.59 Å². The molecule has 0 spiro atoms. The number of rotatable bonds is 5. The van der Waals surface area contributed by atoms with Gasteiger partial charge in [-0.05, 0) is 24.3 Å². The van der Waals surface area contributed by atoms with E-state index in [0.29, 0.717) is 5.75 Å². The van der Waals surface area contributed by atoms with Crippen molar-refractivity contribution < 1.29 is 24.2 Å². The number of methoxy groups -OCH3 is 1. The van der Waals surface area contributed by atoms with E-state index in [1.807, 2.05) is 0 Å². The van der Waals surface area contributed by atoms with Gasteiger partial charge < -0.3 is 14.6 Å². The number of aldehydes is 1. The quantitative estimate of drug-likeness (QED) is 0.494. The van der Waals surface area contributed by atoms with Crippen LogP contribution in [0.2, 0.25) is 0 Å². The molecule has 6 heteroatoms. The molecule has 0 radical (unpaired) electrons. The summed E-state index contributed by atoms with van der Waals surface area (Å²) in [6.45, 7) is 0. The van der Waals surface area contributed by atoms with Crippen LogP contribution in [-0.4, -0.2) is 24.5 Å². The summed E-state index contributed by atoms with van der Waals surface area (Å²) in [6, 6.07) is 6.17. The molecule has 0 heterocycles. The fourth-order valence-corrected chi connectivity index (χ4v) is 1.13. The Labute approximate surface area is 102 Å². The van der Waals surface area contributed by atoms with Crippen LogP contribution in [0.15, 0.2) is 35.1 Å². The van der Waals surface area contributed by atoms with E-state index < -0.39 is 16.8 Å². The average molecular weight is 257 g/mol. The normalized spacial score (nSPS) is 11.4. The lowest BCUT2D eigenvalue weighted by molar-refractivity contribution is -0.135. The predicted molar refractivity (Wildman–Crippen MR) is 60.2 cm³/mol. The monoisotopic (exact) mass is 256 g/mol. The van der Waals surface area contributed by atoms with Gasteiger partial charge in [0, 0.05) is 0 Å². The molecule has 17 heavy (non-hydrogen) atoms. The van der Waals surface area contributed by atoms with Gasteiger partial charge in [0.25, 0.3) is 0 Å². The Kier molecular flexibility index (Phi) is 4.54. The molecule has 0 atom stereocenters. The third-order valence-electron chi connectivity index (χ3n) is 1.79. The summed E-state index contributed by atoms with van der Waals surface area (Å²) in [4.78, 5) is 21.2. The average Bonchev–Trinajstić information content (AvgIpc) is 2.35. The Hall–Kier alpha value is -2.01. The lowest BCUT2D eigenvalue weighted by atomic mass is 10.3. The number of carbonyl (C=O) groups excluding carboxylic acids is 1. The minimum absolute atomic E-state index is 0.203. The highest BCUT2D eigenvalue weighted by Crippen LogP contribution is 2.20. The second-order valence-electron chi connectivity index (χ2n) is 2.88. The van der Waals surface area contributed by atoms with Crippen molar-refractivity contribution in [2.24, 2.45) is 0 Å². The molecule has 0 aliphatic rings. The minimum Gasteiger partial charge on any atom is -0.497 e. The topological polar surface area (TPSA) is 72.8 Å². The number of allylic oxidation sites excluding steroid dienone is 1. The molecule has 1 N–H and O–H groups in total. The largest absolute Gasteiger partial charge is 0.497 e. The molecule has 0 aliphatic heterocycles. The van der Waals surface area contributed by atoms with Crippen LogP contribution in [0.25, 0.3) is 0 Å². The lowest BCUT2D eigenvalue weighted by Gasteiger charge is -2.07. The molecule has 0 aliphatic carbocycles. The maximum Gasteiger partial charge on any atom is 0.373 e. The fraction of sp³-hybridized carbons (Fsp3) is 0.0909. The lowest BCUT2D eigenvalue weighted by Crippen LogP contribution is -2.10. The zero-order valence-electron chi connectivity index (χ0n) is 8.84. The van der Waals surface area contributed by atoms with Crippen molar-refractivity contribution in [1.82, 2.24) is 0 Å².